The first-order valence-corrected chi connectivity index (χ1v) is 8.57. The number of hydrogen-bond acceptors (Lipinski definition) is 2. The van der Waals surface area contributed by atoms with E-state index in [0.29, 0.717) is 0 Å². The molecule has 23 heavy (non-hydrogen) atoms. The van der Waals surface area contributed by atoms with Crippen LogP contribution in [0.3, 0.4) is 0 Å². The third kappa shape index (κ3) is 5.85. The van der Waals surface area contributed by atoms with Gasteiger partial charge in [-0.25, -0.2) is 4.98 Å². The van der Waals surface area contributed by atoms with Crippen LogP contribution in [0.1, 0.15) is 44.9 Å². The zero-order valence-electron chi connectivity index (χ0n) is 14.3. The van der Waals surface area contributed by atoms with Gasteiger partial charge in [-0.3, -0.25) is 4.98 Å². The number of hydrogen-bond donors (Lipinski definition) is 0. The maximum Gasteiger partial charge on any atom is 0.108 e. The fourth-order valence-electron chi connectivity index (χ4n) is 2.54. The minimum absolute atomic E-state index is 1.06. The predicted molar refractivity (Wildman–Crippen MR) is 97.4 cm³/mol. The molecule has 3 aromatic rings. The number of pyridine rings is 1. The SMILES string of the molecule is CCCCCCCc1nccn1C.c1ccc2ncccc2c1. The summed E-state index contributed by atoms with van der Waals surface area (Å²) in [6.07, 6.45) is 13.5. The molecule has 0 saturated carbocycles. The topological polar surface area (TPSA) is 30.7 Å². The number of nitrogens with zero attached hydrogens (tertiary/aromatic N) is 3. The van der Waals surface area contributed by atoms with Crippen LogP contribution in [0.25, 0.3) is 10.9 Å². The van der Waals surface area contributed by atoms with Gasteiger partial charge < -0.3 is 4.57 Å². The molecule has 0 unspecified atom stereocenters. The summed E-state index contributed by atoms with van der Waals surface area (Å²) >= 11 is 0. The molecular formula is C20H27N3. The molecular weight excluding hydrogens is 282 g/mol. The molecule has 0 aliphatic rings. The highest BCUT2D eigenvalue weighted by molar-refractivity contribution is 5.77. The molecule has 0 N–H and O–H groups in total. The summed E-state index contributed by atoms with van der Waals surface area (Å²) < 4.78 is 2.11. The third-order valence-corrected chi connectivity index (χ3v) is 3.94. The Morgan fingerprint density at radius 3 is 2.39 bits per heavy atom. The van der Waals surface area contributed by atoms with Gasteiger partial charge in [0, 0.05) is 37.4 Å². The molecule has 3 heteroatoms. The summed E-state index contributed by atoms with van der Waals surface area (Å²) in [4.78, 5) is 8.48. The highest BCUT2D eigenvalue weighted by Gasteiger charge is 1.97. The first-order chi connectivity index (χ1) is 11.3. The molecule has 0 fully saturated rings. The van der Waals surface area contributed by atoms with E-state index in [1.165, 1.54) is 43.3 Å². The number of unbranched alkanes of at least 4 members (excludes halogenated alkanes) is 4. The molecule has 0 spiro atoms. The van der Waals surface area contributed by atoms with Crippen molar-refractivity contribution >= 4 is 10.9 Å². The van der Waals surface area contributed by atoms with Gasteiger partial charge in [0.25, 0.3) is 0 Å². The van der Waals surface area contributed by atoms with Gasteiger partial charge in [-0.2, -0.15) is 0 Å². The first kappa shape index (κ1) is 17.2. The third-order valence-electron chi connectivity index (χ3n) is 3.94. The molecule has 0 bridgehead atoms. The Morgan fingerprint density at radius 1 is 0.870 bits per heavy atom. The van der Waals surface area contributed by atoms with E-state index in [4.69, 9.17) is 0 Å². The van der Waals surface area contributed by atoms with E-state index in [-0.39, 0.29) is 0 Å². The lowest BCUT2D eigenvalue weighted by Crippen LogP contribution is -1.96. The second-order valence-corrected chi connectivity index (χ2v) is 5.81. The smallest absolute Gasteiger partial charge is 0.108 e. The number of para-hydroxylation sites is 1. The number of imidazole rings is 1. The van der Waals surface area contributed by atoms with Gasteiger partial charge in [0.2, 0.25) is 0 Å². The molecule has 0 aliphatic carbocycles. The Hall–Kier alpha value is -2.16. The standard InChI is InChI=1S/C11H20N2.C9H7N/c1-3-4-5-6-7-8-11-12-9-10-13(11)2;1-2-6-9-8(4-1)5-3-7-10-9/h9-10H,3-8H2,1-2H3;1-7H. The number of aromatic nitrogens is 3. The Morgan fingerprint density at radius 2 is 1.65 bits per heavy atom. The lowest BCUT2D eigenvalue weighted by Gasteiger charge is -2.01. The molecule has 2 heterocycles. The summed E-state index contributed by atoms with van der Waals surface area (Å²) in [7, 11) is 2.06. The Labute approximate surface area is 139 Å². The number of aryl methyl sites for hydroxylation is 2. The van der Waals surface area contributed by atoms with E-state index in [1.807, 2.05) is 42.9 Å². The number of fused-ring (bicyclic) bond motifs is 1. The second-order valence-electron chi connectivity index (χ2n) is 5.81. The average Bonchev–Trinajstić information content (AvgIpc) is 3.00. The van der Waals surface area contributed by atoms with Crippen LogP contribution in [0.15, 0.2) is 55.0 Å². The fraction of sp³-hybridized carbons (Fsp3) is 0.400. The summed E-state index contributed by atoms with van der Waals surface area (Å²) in [6.45, 7) is 2.25. The monoisotopic (exact) mass is 309 g/mol. The fourth-order valence-corrected chi connectivity index (χ4v) is 2.54. The Kier molecular flexibility index (Phi) is 7.31. The summed E-state index contributed by atoms with van der Waals surface area (Å²) in [6, 6.07) is 12.1. The molecule has 0 amide bonds. The van der Waals surface area contributed by atoms with Crippen LogP contribution in [-0.2, 0) is 13.5 Å². The van der Waals surface area contributed by atoms with Gasteiger partial charge in [0.15, 0.2) is 0 Å². The predicted octanol–water partition coefficient (Wildman–Crippen LogP) is 5.17. The van der Waals surface area contributed by atoms with Crippen LogP contribution in [0.2, 0.25) is 0 Å². The van der Waals surface area contributed by atoms with E-state index in [0.717, 1.165) is 11.9 Å². The van der Waals surface area contributed by atoms with E-state index < -0.39 is 0 Å². The van der Waals surface area contributed by atoms with Crippen molar-refractivity contribution in [3.05, 3.63) is 60.8 Å². The lowest BCUT2D eigenvalue weighted by molar-refractivity contribution is 0.614. The molecule has 1 aromatic carbocycles. The molecule has 0 saturated heterocycles. The summed E-state index contributed by atoms with van der Waals surface area (Å²) in [5, 5.41) is 1.20. The zero-order chi connectivity index (χ0) is 16.3. The average molecular weight is 309 g/mol. The van der Waals surface area contributed by atoms with Crippen molar-refractivity contribution in [3.8, 4) is 0 Å². The van der Waals surface area contributed by atoms with Crippen LogP contribution in [-0.4, -0.2) is 14.5 Å². The van der Waals surface area contributed by atoms with Crippen LogP contribution in [0.5, 0.6) is 0 Å². The van der Waals surface area contributed by atoms with Gasteiger partial charge in [-0.05, 0) is 18.6 Å². The van der Waals surface area contributed by atoms with Gasteiger partial charge in [-0.1, -0.05) is 56.9 Å². The Bertz CT molecular complexity index is 622. The maximum atomic E-state index is 4.30. The largest absolute Gasteiger partial charge is 0.338 e. The van der Waals surface area contributed by atoms with Crippen molar-refractivity contribution < 1.29 is 0 Å². The quantitative estimate of drug-likeness (QED) is 0.588. The maximum absolute atomic E-state index is 4.30. The second kappa shape index (κ2) is 9.78. The van der Waals surface area contributed by atoms with Crippen molar-refractivity contribution in [2.75, 3.05) is 0 Å². The van der Waals surface area contributed by atoms with Crippen molar-refractivity contribution in [1.29, 1.82) is 0 Å². The first-order valence-electron chi connectivity index (χ1n) is 8.57. The number of benzene rings is 1. The van der Waals surface area contributed by atoms with Crippen molar-refractivity contribution in [3.63, 3.8) is 0 Å². The van der Waals surface area contributed by atoms with Crippen molar-refractivity contribution in [2.24, 2.45) is 7.05 Å². The van der Waals surface area contributed by atoms with Gasteiger partial charge in [-0.15, -0.1) is 0 Å². The highest BCUT2D eigenvalue weighted by Crippen LogP contribution is 2.08. The van der Waals surface area contributed by atoms with Crippen LogP contribution >= 0.6 is 0 Å². The minimum atomic E-state index is 1.06. The van der Waals surface area contributed by atoms with Crippen LogP contribution in [0.4, 0.5) is 0 Å². The lowest BCUT2D eigenvalue weighted by atomic mass is 10.1. The number of rotatable bonds is 6. The van der Waals surface area contributed by atoms with E-state index in [9.17, 15) is 0 Å². The Balaban J connectivity index is 0.000000172. The van der Waals surface area contributed by atoms with Crippen molar-refractivity contribution in [1.82, 2.24) is 14.5 Å². The molecule has 0 aliphatic heterocycles. The molecule has 2 aromatic heterocycles. The van der Waals surface area contributed by atoms with E-state index >= 15 is 0 Å². The van der Waals surface area contributed by atoms with Gasteiger partial charge >= 0.3 is 0 Å². The van der Waals surface area contributed by atoms with Crippen LogP contribution in [0, 0.1) is 0 Å². The van der Waals surface area contributed by atoms with Crippen LogP contribution < -0.4 is 0 Å². The summed E-state index contributed by atoms with van der Waals surface area (Å²) in [5.41, 5.74) is 1.06. The normalized spacial score (nSPS) is 10.3. The van der Waals surface area contributed by atoms with Crippen molar-refractivity contribution in [2.45, 2.75) is 45.4 Å². The molecule has 3 rings (SSSR count). The van der Waals surface area contributed by atoms with E-state index in [2.05, 4.69) is 40.6 Å². The highest BCUT2D eigenvalue weighted by atomic mass is 15.0. The molecule has 0 radical (unpaired) electrons. The molecule has 0 atom stereocenters. The molecule has 3 nitrogen and oxygen atoms in total. The van der Waals surface area contributed by atoms with Gasteiger partial charge in [0.1, 0.15) is 5.82 Å². The summed E-state index contributed by atoms with van der Waals surface area (Å²) in [5.74, 6) is 1.22. The minimum Gasteiger partial charge on any atom is -0.338 e. The molecule has 122 valence electrons. The van der Waals surface area contributed by atoms with Gasteiger partial charge in [0.05, 0.1) is 5.52 Å². The van der Waals surface area contributed by atoms with E-state index in [1.54, 1.807) is 0 Å². The zero-order valence-corrected chi connectivity index (χ0v) is 14.3.